The van der Waals surface area contributed by atoms with Gasteiger partial charge in [-0.3, -0.25) is 0 Å². The Balaban J connectivity index is 2.52. The van der Waals surface area contributed by atoms with Crippen LogP contribution in [0.3, 0.4) is 0 Å². The van der Waals surface area contributed by atoms with Crippen molar-refractivity contribution in [2.75, 3.05) is 5.73 Å². The summed E-state index contributed by atoms with van der Waals surface area (Å²) < 4.78 is 0. The second-order valence-electron chi connectivity index (χ2n) is 2.92. The largest absolute Gasteiger partial charge is 0.397 e. The standard InChI is InChI=1S/C10H8N2S2/c1-6-2-3-9(13-6)10-8(12)4-7(5-11)14-10/h2-4H,12H2,1H3. The van der Waals surface area contributed by atoms with E-state index in [1.807, 2.05) is 6.07 Å². The highest BCUT2D eigenvalue weighted by Crippen LogP contribution is 2.38. The Hall–Kier alpha value is -1.31. The third-order valence-electron chi connectivity index (χ3n) is 1.84. The molecule has 2 aromatic rings. The fraction of sp³-hybridized carbons (Fsp3) is 0.100. The van der Waals surface area contributed by atoms with E-state index in [2.05, 4.69) is 19.1 Å². The van der Waals surface area contributed by atoms with Gasteiger partial charge >= 0.3 is 0 Å². The molecule has 0 spiro atoms. The number of hydrogen-bond acceptors (Lipinski definition) is 4. The third-order valence-corrected chi connectivity index (χ3v) is 4.07. The molecule has 14 heavy (non-hydrogen) atoms. The second-order valence-corrected chi connectivity index (χ2v) is 5.26. The first-order valence-corrected chi connectivity index (χ1v) is 5.70. The molecule has 0 saturated heterocycles. The average molecular weight is 220 g/mol. The zero-order valence-electron chi connectivity index (χ0n) is 7.57. The Morgan fingerprint density at radius 2 is 2.14 bits per heavy atom. The topological polar surface area (TPSA) is 49.8 Å². The minimum Gasteiger partial charge on any atom is -0.397 e. The van der Waals surface area contributed by atoms with Crippen molar-refractivity contribution in [3.05, 3.63) is 28.0 Å². The molecular weight excluding hydrogens is 212 g/mol. The molecule has 2 nitrogen and oxygen atoms in total. The van der Waals surface area contributed by atoms with Crippen molar-refractivity contribution in [2.24, 2.45) is 0 Å². The van der Waals surface area contributed by atoms with Gasteiger partial charge in [-0.15, -0.1) is 22.7 Å². The van der Waals surface area contributed by atoms with E-state index in [0.717, 1.165) is 9.75 Å². The van der Waals surface area contributed by atoms with Crippen LogP contribution in [0.25, 0.3) is 9.75 Å². The lowest BCUT2D eigenvalue weighted by molar-refractivity contribution is 1.52. The van der Waals surface area contributed by atoms with Crippen molar-refractivity contribution in [3.63, 3.8) is 0 Å². The molecule has 0 amide bonds. The molecule has 0 aliphatic heterocycles. The summed E-state index contributed by atoms with van der Waals surface area (Å²) in [5.74, 6) is 0. The Morgan fingerprint density at radius 1 is 1.36 bits per heavy atom. The molecule has 0 unspecified atom stereocenters. The molecule has 0 atom stereocenters. The first-order chi connectivity index (χ1) is 6.70. The van der Waals surface area contributed by atoms with Crippen molar-refractivity contribution < 1.29 is 0 Å². The van der Waals surface area contributed by atoms with Crippen molar-refractivity contribution in [1.82, 2.24) is 0 Å². The van der Waals surface area contributed by atoms with E-state index in [-0.39, 0.29) is 0 Å². The lowest BCUT2D eigenvalue weighted by atomic mass is 10.3. The number of hydrogen-bond donors (Lipinski definition) is 1. The zero-order chi connectivity index (χ0) is 10.1. The van der Waals surface area contributed by atoms with Crippen LogP contribution in [0.4, 0.5) is 5.69 Å². The summed E-state index contributed by atoms with van der Waals surface area (Å²) in [6, 6.07) is 7.94. The van der Waals surface area contributed by atoms with Gasteiger partial charge in [0, 0.05) is 9.75 Å². The Labute approximate surface area is 90.2 Å². The van der Waals surface area contributed by atoms with Crippen LogP contribution in [0, 0.1) is 18.3 Å². The van der Waals surface area contributed by atoms with Gasteiger partial charge in [-0.1, -0.05) is 0 Å². The van der Waals surface area contributed by atoms with Crippen molar-refractivity contribution >= 4 is 28.4 Å². The molecule has 0 aromatic carbocycles. The van der Waals surface area contributed by atoms with Crippen LogP contribution in [0.1, 0.15) is 9.75 Å². The summed E-state index contributed by atoms with van der Waals surface area (Å²) in [6.07, 6.45) is 0. The molecule has 2 aromatic heterocycles. The van der Waals surface area contributed by atoms with Crippen LogP contribution in [-0.4, -0.2) is 0 Å². The molecule has 4 heteroatoms. The van der Waals surface area contributed by atoms with E-state index < -0.39 is 0 Å². The highest BCUT2D eigenvalue weighted by molar-refractivity contribution is 7.22. The average Bonchev–Trinajstić information content (AvgIpc) is 2.71. The molecule has 0 bridgehead atoms. The summed E-state index contributed by atoms with van der Waals surface area (Å²) in [6.45, 7) is 2.06. The Bertz CT molecular complexity index is 502. The predicted molar refractivity (Wildman–Crippen MR) is 61.5 cm³/mol. The molecule has 0 radical (unpaired) electrons. The van der Waals surface area contributed by atoms with E-state index in [9.17, 15) is 0 Å². The SMILES string of the molecule is Cc1ccc(-c2sc(C#N)cc2N)s1. The summed E-state index contributed by atoms with van der Waals surface area (Å²) in [4.78, 5) is 4.08. The number of thiophene rings is 2. The maximum Gasteiger partial charge on any atom is 0.110 e. The van der Waals surface area contributed by atoms with Crippen LogP contribution in [0.5, 0.6) is 0 Å². The molecule has 2 heterocycles. The molecule has 0 aliphatic rings. The number of anilines is 1. The number of nitrogens with two attached hydrogens (primary N) is 1. The maximum atomic E-state index is 8.74. The molecular formula is C10H8N2S2. The smallest absolute Gasteiger partial charge is 0.110 e. The first-order valence-electron chi connectivity index (χ1n) is 4.07. The van der Waals surface area contributed by atoms with E-state index in [4.69, 9.17) is 11.0 Å². The number of nitrogen functional groups attached to an aromatic ring is 1. The van der Waals surface area contributed by atoms with Gasteiger partial charge in [0.1, 0.15) is 10.9 Å². The van der Waals surface area contributed by atoms with Crippen LogP contribution < -0.4 is 5.73 Å². The quantitative estimate of drug-likeness (QED) is 0.802. The van der Waals surface area contributed by atoms with Gasteiger partial charge in [-0.05, 0) is 25.1 Å². The predicted octanol–water partition coefficient (Wildman–Crippen LogP) is 3.24. The van der Waals surface area contributed by atoms with Crippen LogP contribution in [-0.2, 0) is 0 Å². The number of nitrogens with zero attached hydrogens (tertiary/aromatic N) is 1. The lowest BCUT2D eigenvalue weighted by Crippen LogP contribution is -1.81. The summed E-state index contributed by atoms with van der Waals surface area (Å²) in [5, 5.41) is 8.74. The van der Waals surface area contributed by atoms with E-state index in [1.54, 1.807) is 17.4 Å². The highest BCUT2D eigenvalue weighted by atomic mass is 32.1. The third kappa shape index (κ3) is 1.52. The summed E-state index contributed by atoms with van der Waals surface area (Å²) in [7, 11) is 0. The molecule has 0 aliphatic carbocycles. The fourth-order valence-electron chi connectivity index (χ4n) is 1.21. The number of aryl methyl sites for hydroxylation is 1. The molecule has 0 fully saturated rings. The number of rotatable bonds is 1. The van der Waals surface area contributed by atoms with Gasteiger partial charge in [-0.25, -0.2) is 0 Å². The van der Waals surface area contributed by atoms with Gasteiger partial charge in [0.05, 0.1) is 10.6 Å². The van der Waals surface area contributed by atoms with Gasteiger partial charge in [0.25, 0.3) is 0 Å². The maximum absolute atomic E-state index is 8.74. The zero-order valence-corrected chi connectivity index (χ0v) is 9.21. The second kappa shape index (κ2) is 3.45. The van der Waals surface area contributed by atoms with E-state index in [0.29, 0.717) is 10.6 Å². The number of nitriles is 1. The van der Waals surface area contributed by atoms with E-state index in [1.165, 1.54) is 16.2 Å². The fourth-order valence-corrected chi connectivity index (χ4v) is 3.09. The van der Waals surface area contributed by atoms with Gasteiger partial charge in [0.15, 0.2) is 0 Å². The molecule has 70 valence electrons. The van der Waals surface area contributed by atoms with Gasteiger partial charge in [-0.2, -0.15) is 5.26 Å². The lowest BCUT2D eigenvalue weighted by Gasteiger charge is -1.92. The van der Waals surface area contributed by atoms with Crippen molar-refractivity contribution in [1.29, 1.82) is 5.26 Å². The van der Waals surface area contributed by atoms with Gasteiger partial charge in [0.2, 0.25) is 0 Å². The van der Waals surface area contributed by atoms with Crippen molar-refractivity contribution in [3.8, 4) is 15.8 Å². The molecule has 0 saturated carbocycles. The van der Waals surface area contributed by atoms with Crippen LogP contribution >= 0.6 is 22.7 Å². The monoisotopic (exact) mass is 220 g/mol. The normalized spacial score (nSPS) is 10.0. The summed E-state index contributed by atoms with van der Waals surface area (Å²) >= 11 is 3.15. The summed E-state index contributed by atoms with van der Waals surface area (Å²) in [5.41, 5.74) is 6.53. The molecule has 2 N–H and O–H groups in total. The molecule has 2 rings (SSSR count). The Morgan fingerprint density at radius 3 is 2.64 bits per heavy atom. The minimum absolute atomic E-state index is 0.670. The first kappa shape index (κ1) is 9.25. The van der Waals surface area contributed by atoms with Gasteiger partial charge < -0.3 is 5.73 Å². The van der Waals surface area contributed by atoms with Crippen molar-refractivity contribution in [2.45, 2.75) is 6.92 Å². The van der Waals surface area contributed by atoms with Crippen LogP contribution in [0.2, 0.25) is 0 Å². The van der Waals surface area contributed by atoms with E-state index >= 15 is 0 Å². The minimum atomic E-state index is 0.670. The highest BCUT2D eigenvalue weighted by Gasteiger charge is 2.09. The Kier molecular flexibility index (Phi) is 2.28. The van der Waals surface area contributed by atoms with Crippen LogP contribution in [0.15, 0.2) is 18.2 Å².